The molecule has 1 saturated heterocycles. The fourth-order valence-electron chi connectivity index (χ4n) is 1.80. The lowest BCUT2D eigenvalue weighted by Gasteiger charge is -2.31. The Morgan fingerprint density at radius 2 is 2.25 bits per heavy atom. The first-order chi connectivity index (χ1) is 5.88. The summed E-state index contributed by atoms with van der Waals surface area (Å²) in [5.74, 6) is 0.741. The molecule has 72 valence electrons. The molecule has 0 bridgehead atoms. The van der Waals surface area contributed by atoms with Gasteiger partial charge in [0.15, 0.2) is 0 Å². The van der Waals surface area contributed by atoms with Gasteiger partial charge < -0.3 is 10.1 Å². The normalized spacial score (nSPS) is 30.5. The van der Waals surface area contributed by atoms with Gasteiger partial charge in [-0.15, -0.1) is 0 Å². The van der Waals surface area contributed by atoms with E-state index < -0.39 is 0 Å². The van der Waals surface area contributed by atoms with E-state index in [-0.39, 0.29) is 0 Å². The standard InChI is InChI=1S/C10H21NO/c1-3-6-11-10-5-7-12-8-9(10)4-2/h9-11H,3-8H2,1-2H3. The smallest absolute Gasteiger partial charge is 0.0509 e. The number of hydrogen-bond acceptors (Lipinski definition) is 2. The van der Waals surface area contributed by atoms with Crippen LogP contribution in [0.1, 0.15) is 33.1 Å². The average molecular weight is 171 g/mol. The highest BCUT2D eigenvalue weighted by Crippen LogP contribution is 2.17. The van der Waals surface area contributed by atoms with Gasteiger partial charge >= 0.3 is 0 Å². The highest BCUT2D eigenvalue weighted by atomic mass is 16.5. The zero-order valence-corrected chi connectivity index (χ0v) is 8.31. The van der Waals surface area contributed by atoms with Gasteiger partial charge in [0.25, 0.3) is 0 Å². The molecule has 1 aliphatic heterocycles. The fourth-order valence-corrected chi connectivity index (χ4v) is 1.80. The summed E-state index contributed by atoms with van der Waals surface area (Å²) < 4.78 is 5.44. The van der Waals surface area contributed by atoms with E-state index in [2.05, 4.69) is 19.2 Å². The Morgan fingerprint density at radius 1 is 1.42 bits per heavy atom. The van der Waals surface area contributed by atoms with Crippen LogP contribution < -0.4 is 5.32 Å². The van der Waals surface area contributed by atoms with Crippen molar-refractivity contribution >= 4 is 0 Å². The molecule has 0 aromatic rings. The molecule has 1 aliphatic rings. The second-order valence-electron chi connectivity index (χ2n) is 3.59. The average Bonchev–Trinajstić information content (AvgIpc) is 2.15. The van der Waals surface area contributed by atoms with Gasteiger partial charge in [-0.05, 0) is 31.7 Å². The van der Waals surface area contributed by atoms with Gasteiger partial charge in [0, 0.05) is 12.6 Å². The van der Waals surface area contributed by atoms with E-state index in [0.717, 1.165) is 25.7 Å². The van der Waals surface area contributed by atoms with Crippen molar-refractivity contribution in [3.8, 4) is 0 Å². The van der Waals surface area contributed by atoms with Gasteiger partial charge in [0.2, 0.25) is 0 Å². The first-order valence-corrected chi connectivity index (χ1v) is 5.19. The van der Waals surface area contributed by atoms with Crippen LogP contribution in [-0.2, 0) is 4.74 Å². The first kappa shape index (κ1) is 10.0. The third kappa shape index (κ3) is 2.76. The molecule has 2 atom stereocenters. The Morgan fingerprint density at radius 3 is 2.92 bits per heavy atom. The molecular formula is C10H21NO. The lowest BCUT2D eigenvalue weighted by Crippen LogP contribution is -2.42. The summed E-state index contributed by atoms with van der Waals surface area (Å²) in [5, 5.41) is 3.59. The number of rotatable bonds is 4. The van der Waals surface area contributed by atoms with E-state index in [9.17, 15) is 0 Å². The number of hydrogen-bond donors (Lipinski definition) is 1. The predicted octanol–water partition coefficient (Wildman–Crippen LogP) is 1.80. The summed E-state index contributed by atoms with van der Waals surface area (Å²) in [4.78, 5) is 0. The maximum Gasteiger partial charge on any atom is 0.0509 e. The summed E-state index contributed by atoms with van der Waals surface area (Å²) in [6, 6.07) is 0.712. The van der Waals surface area contributed by atoms with E-state index >= 15 is 0 Å². The molecule has 1 heterocycles. The quantitative estimate of drug-likeness (QED) is 0.696. The minimum absolute atomic E-state index is 0.712. The molecule has 2 heteroatoms. The Bertz CT molecular complexity index is 116. The lowest BCUT2D eigenvalue weighted by atomic mass is 9.93. The molecule has 0 saturated carbocycles. The van der Waals surface area contributed by atoms with Crippen molar-refractivity contribution in [1.82, 2.24) is 5.32 Å². The van der Waals surface area contributed by atoms with Crippen LogP contribution >= 0.6 is 0 Å². The molecule has 2 unspecified atom stereocenters. The summed E-state index contributed by atoms with van der Waals surface area (Å²) in [6.07, 6.45) is 3.66. The molecule has 12 heavy (non-hydrogen) atoms. The Labute approximate surface area is 75.7 Å². The van der Waals surface area contributed by atoms with E-state index in [4.69, 9.17) is 4.74 Å². The van der Waals surface area contributed by atoms with Crippen LogP contribution in [0.4, 0.5) is 0 Å². The van der Waals surface area contributed by atoms with Crippen LogP contribution in [0.15, 0.2) is 0 Å². The molecule has 0 aromatic heterocycles. The van der Waals surface area contributed by atoms with Crippen molar-refractivity contribution in [1.29, 1.82) is 0 Å². The second kappa shape index (κ2) is 5.55. The molecule has 0 radical (unpaired) electrons. The SMILES string of the molecule is CCCNC1CCOCC1CC. The molecule has 2 nitrogen and oxygen atoms in total. The van der Waals surface area contributed by atoms with E-state index in [1.165, 1.54) is 19.3 Å². The molecule has 1 N–H and O–H groups in total. The van der Waals surface area contributed by atoms with Gasteiger partial charge in [-0.2, -0.15) is 0 Å². The fraction of sp³-hybridized carbons (Fsp3) is 1.00. The van der Waals surface area contributed by atoms with Crippen molar-refractivity contribution < 1.29 is 4.74 Å². The number of nitrogens with one attached hydrogen (secondary N) is 1. The first-order valence-electron chi connectivity index (χ1n) is 5.19. The van der Waals surface area contributed by atoms with E-state index in [1.54, 1.807) is 0 Å². The van der Waals surface area contributed by atoms with Crippen LogP contribution in [0.2, 0.25) is 0 Å². The molecule has 1 fully saturated rings. The Hall–Kier alpha value is -0.0800. The summed E-state index contributed by atoms with van der Waals surface area (Å²) in [5.41, 5.74) is 0. The molecule has 0 aliphatic carbocycles. The predicted molar refractivity (Wildman–Crippen MR) is 51.3 cm³/mol. The van der Waals surface area contributed by atoms with Crippen LogP contribution in [-0.4, -0.2) is 25.8 Å². The highest BCUT2D eigenvalue weighted by molar-refractivity contribution is 4.78. The molecule has 0 amide bonds. The molecule has 0 aromatic carbocycles. The van der Waals surface area contributed by atoms with Gasteiger partial charge in [0.05, 0.1) is 6.61 Å². The van der Waals surface area contributed by atoms with Crippen LogP contribution in [0, 0.1) is 5.92 Å². The van der Waals surface area contributed by atoms with Crippen molar-refractivity contribution in [2.45, 2.75) is 39.2 Å². The summed E-state index contributed by atoms with van der Waals surface area (Å²) in [7, 11) is 0. The zero-order chi connectivity index (χ0) is 8.81. The van der Waals surface area contributed by atoms with Gasteiger partial charge in [0.1, 0.15) is 0 Å². The third-order valence-corrected chi connectivity index (χ3v) is 2.66. The van der Waals surface area contributed by atoms with Crippen LogP contribution in [0.5, 0.6) is 0 Å². The molecular weight excluding hydrogens is 150 g/mol. The van der Waals surface area contributed by atoms with Gasteiger partial charge in [-0.25, -0.2) is 0 Å². The Kier molecular flexibility index (Phi) is 4.62. The topological polar surface area (TPSA) is 21.3 Å². The zero-order valence-electron chi connectivity index (χ0n) is 8.31. The van der Waals surface area contributed by atoms with E-state index in [1.807, 2.05) is 0 Å². The maximum absolute atomic E-state index is 5.44. The lowest BCUT2D eigenvalue weighted by molar-refractivity contribution is 0.0307. The molecule has 1 rings (SSSR count). The minimum Gasteiger partial charge on any atom is -0.381 e. The van der Waals surface area contributed by atoms with E-state index in [0.29, 0.717) is 6.04 Å². The van der Waals surface area contributed by atoms with Crippen LogP contribution in [0.3, 0.4) is 0 Å². The van der Waals surface area contributed by atoms with Crippen molar-refractivity contribution in [2.24, 2.45) is 5.92 Å². The monoisotopic (exact) mass is 171 g/mol. The van der Waals surface area contributed by atoms with Gasteiger partial charge in [-0.1, -0.05) is 13.8 Å². The van der Waals surface area contributed by atoms with Crippen molar-refractivity contribution in [3.05, 3.63) is 0 Å². The largest absolute Gasteiger partial charge is 0.381 e. The Balaban J connectivity index is 2.26. The van der Waals surface area contributed by atoms with Crippen molar-refractivity contribution in [3.63, 3.8) is 0 Å². The summed E-state index contributed by atoms with van der Waals surface area (Å²) >= 11 is 0. The highest BCUT2D eigenvalue weighted by Gasteiger charge is 2.22. The second-order valence-corrected chi connectivity index (χ2v) is 3.59. The molecule has 0 spiro atoms. The number of ether oxygens (including phenoxy) is 1. The van der Waals surface area contributed by atoms with Crippen molar-refractivity contribution in [2.75, 3.05) is 19.8 Å². The third-order valence-electron chi connectivity index (χ3n) is 2.66. The van der Waals surface area contributed by atoms with Gasteiger partial charge in [-0.3, -0.25) is 0 Å². The van der Waals surface area contributed by atoms with Crippen LogP contribution in [0.25, 0.3) is 0 Å². The summed E-state index contributed by atoms with van der Waals surface area (Å²) in [6.45, 7) is 7.52. The maximum atomic E-state index is 5.44. The minimum atomic E-state index is 0.712.